The molecule has 0 aromatic heterocycles. The summed E-state index contributed by atoms with van der Waals surface area (Å²) < 4.78 is 4.87. The summed E-state index contributed by atoms with van der Waals surface area (Å²) in [4.78, 5) is 28.7. The van der Waals surface area contributed by atoms with Crippen LogP contribution in [0.25, 0.3) is 0 Å². The molecule has 0 radical (unpaired) electrons. The van der Waals surface area contributed by atoms with E-state index in [9.17, 15) is 9.59 Å². The molecule has 1 saturated heterocycles. The molecule has 1 saturated carbocycles. The number of methoxy groups -OCH3 is 1. The van der Waals surface area contributed by atoms with Crippen LogP contribution in [-0.4, -0.2) is 60.9 Å². The van der Waals surface area contributed by atoms with Gasteiger partial charge in [0.05, 0.1) is 7.11 Å². The Morgan fingerprint density at radius 3 is 2.35 bits per heavy atom. The average Bonchev–Trinajstić information content (AvgIpc) is 3.40. The third kappa shape index (κ3) is 4.32. The van der Waals surface area contributed by atoms with E-state index in [1.54, 1.807) is 6.08 Å². The van der Waals surface area contributed by atoms with Crippen molar-refractivity contribution < 1.29 is 14.3 Å². The van der Waals surface area contributed by atoms with Gasteiger partial charge in [-0.3, -0.25) is 9.69 Å². The number of hydrogen-bond acceptors (Lipinski definition) is 5. The van der Waals surface area contributed by atoms with Crippen LogP contribution in [0, 0.1) is 5.92 Å². The van der Waals surface area contributed by atoms with Crippen molar-refractivity contribution in [3.8, 4) is 0 Å². The summed E-state index contributed by atoms with van der Waals surface area (Å²) in [6.45, 7) is 8.62. The highest BCUT2D eigenvalue weighted by atomic mass is 16.5. The minimum absolute atomic E-state index is 0.0283. The summed E-state index contributed by atoms with van der Waals surface area (Å²) in [6.07, 6.45) is 9.60. The van der Waals surface area contributed by atoms with Crippen molar-refractivity contribution in [1.82, 2.24) is 9.80 Å². The van der Waals surface area contributed by atoms with Crippen LogP contribution in [0.2, 0.25) is 0 Å². The number of carbonyl (C=O) groups excluding carboxylic acids is 2. The van der Waals surface area contributed by atoms with Crippen molar-refractivity contribution >= 4 is 11.8 Å². The molecule has 0 aromatic carbocycles. The third-order valence-electron chi connectivity index (χ3n) is 4.34. The minimum atomic E-state index is -0.733. The first-order chi connectivity index (χ1) is 11.1. The normalized spacial score (nSPS) is 21.3. The molecule has 2 aliphatic rings. The van der Waals surface area contributed by atoms with E-state index in [1.165, 1.54) is 7.11 Å². The van der Waals surface area contributed by atoms with Crippen molar-refractivity contribution in [2.45, 2.75) is 25.8 Å². The minimum Gasteiger partial charge on any atom is -0.468 e. The lowest BCUT2D eigenvalue weighted by molar-refractivity contribution is -0.152. The molecule has 0 N–H and O–H groups in total. The molecule has 1 atom stereocenters. The van der Waals surface area contributed by atoms with Crippen LogP contribution < -0.4 is 0 Å². The first-order valence-corrected chi connectivity index (χ1v) is 8.18. The van der Waals surface area contributed by atoms with Crippen LogP contribution in [0.1, 0.15) is 19.8 Å². The Labute approximate surface area is 138 Å². The van der Waals surface area contributed by atoms with Gasteiger partial charge in [0.1, 0.15) is 0 Å². The molecule has 2 rings (SSSR count). The van der Waals surface area contributed by atoms with Crippen LogP contribution in [-0.2, 0) is 14.3 Å². The fourth-order valence-corrected chi connectivity index (χ4v) is 2.94. The fourth-order valence-electron chi connectivity index (χ4n) is 2.94. The maximum absolute atomic E-state index is 12.4. The lowest BCUT2D eigenvalue weighted by atomic mass is 10.1. The number of allylic oxidation sites excluding steroid dienone is 4. The van der Waals surface area contributed by atoms with Crippen LogP contribution >= 0.6 is 0 Å². The smallest absolute Gasteiger partial charge is 0.330 e. The quantitative estimate of drug-likeness (QED) is 0.407. The second-order valence-electron chi connectivity index (χ2n) is 5.95. The molecule has 0 amide bonds. The second kappa shape index (κ2) is 8.11. The van der Waals surface area contributed by atoms with Crippen molar-refractivity contribution in [2.75, 3.05) is 33.3 Å². The SMILES string of the molecule is C=C/C=C(\C=C/C)N1CCN(C(C(=O)OC)C(=O)C2CC2)CC1. The van der Waals surface area contributed by atoms with Gasteiger partial charge in [-0.05, 0) is 31.9 Å². The van der Waals surface area contributed by atoms with Gasteiger partial charge < -0.3 is 9.64 Å². The standard InChI is InChI=1S/C18H26N2O3/c1-4-6-15(7-5-2)19-10-12-20(13-11-19)16(18(22)23-3)17(21)14-8-9-14/h4-7,14,16H,1,8-13H2,2-3H3/b7-5-,15-6+. The number of nitrogens with zero attached hydrogens (tertiary/aromatic N) is 2. The predicted octanol–water partition coefficient (Wildman–Crippen LogP) is 1.77. The summed E-state index contributed by atoms with van der Waals surface area (Å²) in [5.74, 6) is -0.345. The van der Waals surface area contributed by atoms with E-state index < -0.39 is 12.0 Å². The zero-order valence-corrected chi connectivity index (χ0v) is 14.0. The Kier molecular flexibility index (Phi) is 6.16. The van der Waals surface area contributed by atoms with Gasteiger partial charge in [-0.15, -0.1) is 0 Å². The van der Waals surface area contributed by atoms with Gasteiger partial charge in [-0.25, -0.2) is 4.79 Å². The van der Waals surface area contributed by atoms with E-state index in [0.29, 0.717) is 13.1 Å². The number of rotatable bonds is 7. The Morgan fingerprint density at radius 1 is 1.22 bits per heavy atom. The molecule has 23 heavy (non-hydrogen) atoms. The molecule has 1 unspecified atom stereocenters. The van der Waals surface area contributed by atoms with E-state index >= 15 is 0 Å². The van der Waals surface area contributed by atoms with E-state index in [-0.39, 0.29) is 11.7 Å². The monoisotopic (exact) mass is 318 g/mol. The summed E-state index contributed by atoms with van der Waals surface area (Å²) in [6, 6.07) is -0.733. The van der Waals surface area contributed by atoms with Gasteiger partial charge in [0.15, 0.2) is 11.8 Å². The maximum atomic E-state index is 12.4. The number of Topliss-reactive ketones (excluding diaryl/α,β-unsaturated/α-hetero) is 1. The molecular weight excluding hydrogens is 292 g/mol. The molecule has 1 aliphatic heterocycles. The highest BCUT2D eigenvalue weighted by Crippen LogP contribution is 2.32. The van der Waals surface area contributed by atoms with Gasteiger partial charge >= 0.3 is 5.97 Å². The largest absolute Gasteiger partial charge is 0.468 e. The first-order valence-electron chi connectivity index (χ1n) is 8.18. The van der Waals surface area contributed by atoms with Crippen molar-refractivity contribution in [2.24, 2.45) is 5.92 Å². The highest BCUT2D eigenvalue weighted by Gasteiger charge is 2.42. The van der Waals surface area contributed by atoms with Gasteiger partial charge in [-0.2, -0.15) is 0 Å². The van der Waals surface area contributed by atoms with Crippen LogP contribution in [0.5, 0.6) is 0 Å². The molecule has 0 bridgehead atoms. The summed E-state index contributed by atoms with van der Waals surface area (Å²) in [7, 11) is 1.35. The molecule has 1 heterocycles. The molecule has 0 aromatic rings. The van der Waals surface area contributed by atoms with Crippen LogP contribution in [0.4, 0.5) is 0 Å². The lowest BCUT2D eigenvalue weighted by Gasteiger charge is -2.39. The molecular formula is C18H26N2O3. The number of ether oxygens (including phenoxy) is 1. The Hall–Kier alpha value is -1.88. The number of ketones is 1. The lowest BCUT2D eigenvalue weighted by Crippen LogP contribution is -2.55. The van der Waals surface area contributed by atoms with Crippen molar-refractivity contribution in [1.29, 1.82) is 0 Å². The van der Waals surface area contributed by atoms with Crippen LogP contribution in [0.15, 0.2) is 36.6 Å². The van der Waals surface area contributed by atoms with Crippen molar-refractivity contribution in [3.63, 3.8) is 0 Å². The summed E-state index contributed by atoms with van der Waals surface area (Å²) >= 11 is 0. The van der Waals surface area contributed by atoms with E-state index in [4.69, 9.17) is 4.74 Å². The molecule has 2 fully saturated rings. The van der Waals surface area contributed by atoms with E-state index in [0.717, 1.165) is 31.6 Å². The maximum Gasteiger partial charge on any atom is 0.330 e. The van der Waals surface area contributed by atoms with Gasteiger partial charge in [0, 0.05) is 37.8 Å². The highest BCUT2D eigenvalue weighted by molar-refractivity contribution is 6.05. The zero-order valence-electron chi connectivity index (χ0n) is 14.0. The van der Waals surface area contributed by atoms with Gasteiger partial charge in [-0.1, -0.05) is 18.7 Å². The molecule has 1 aliphatic carbocycles. The number of carbonyl (C=O) groups is 2. The molecule has 5 nitrogen and oxygen atoms in total. The summed E-state index contributed by atoms with van der Waals surface area (Å²) in [5.41, 5.74) is 1.10. The molecule has 5 heteroatoms. The number of hydrogen-bond donors (Lipinski definition) is 0. The average molecular weight is 318 g/mol. The number of esters is 1. The Balaban J connectivity index is 2.03. The molecule has 126 valence electrons. The fraction of sp³-hybridized carbons (Fsp3) is 0.556. The molecule has 0 spiro atoms. The predicted molar refractivity (Wildman–Crippen MR) is 89.8 cm³/mol. The topological polar surface area (TPSA) is 49.9 Å². The van der Waals surface area contributed by atoms with E-state index in [1.807, 2.05) is 30.1 Å². The summed E-state index contributed by atoms with van der Waals surface area (Å²) in [5, 5.41) is 0. The van der Waals surface area contributed by atoms with Crippen molar-refractivity contribution in [3.05, 3.63) is 36.6 Å². The Morgan fingerprint density at radius 2 is 1.87 bits per heavy atom. The van der Waals surface area contributed by atoms with Crippen LogP contribution in [0.3, 0.4) is 0 Å². The van der Waals surface area contributed by atoms with Gasteiger partial charge in [0.2, 0.25) is 0 Å². The zero-order chi connectivity index (χ0) is 16.8. The second-order valence-corrected chi connectivity index (χ2v) is 5.95. The number of piperazine rings is 1. The van der Waals surface area contributed by atoms with E-state index in [2.05, 4.69) is 11.5 Å². The Bertz CT molecular complexity index is 512. The first kappa shape index (κ1) is 17.5. The third-order valence-corrected chi connectivity index (χ3v) is 4.34. The van der Waals surface area contributed by atoms with Gasteiger partial charge in [0.25, 0.3) is 0 Å².